The summed E-state index contributed by atoms with van der Waals surface area (Å²) in [4.78, 5) is 8.68. The van der Waals surface area contributed by atoms with Crippen LogP contribution in [0.25, 0.3) is 22.4 Å². The van der Waals surface area contributed by atoms with Crippen molar-refractivity contribution >= 4 is 11.0 Å². The summed E-state index contributed by atoms with van der Waals surface area (Å²) in [6.45, 7) is 0. The van der Waals surface area contributed by atoms with Crippen LogP contribution in [0.4, 0.5) is 0 Å². The van der Waals surface area contributed by atoms with E-state index in [1.165, 1.54) is 0 Å². The maximum atomic E-state index is 4.43. The molecule has 0 radical (unpaired) electrons. The monoisotopic (exact) mass is 212 g/mol. The molecule has 0 aliphatic carbocycles. The largest absolute Gasteiger partial charge is 0.250 e. The van der Waals surface area contributed by atoms with Gasteiger partial charge in [0.2, 0.25) is 0 Å². The summed E-state index contributed by atoms with van der Waals surface area (Å²) in [5.41, 5.74) is 1.65. The zero-order chi connectivity index (χ0) is 11.0. The summed E-state index contributed by atoms with van der Waals surface area (Å²) in [6.07, 6.45) is 6.75. The minimum atomic E-state index is 0.631. The van der Waals surface area contributed by atoms with Gasteiger partial charge in [0.15, 0.2) is 11.5 Å². The lowest BCUT2D eigenvalue weighted by atomic mass is 10.3. The molecule has 0 amide bonds. The SMILES string of the molecule is Cn1ncc2cnc(-c3ccnnc3)nc21. The van der Waals surface area contributed by atoms with E-state index in [1.54, 1.807) is 29.5 Å². The first-order valence-electron chi connectivity index (χ1n) is 4.76. The van der Waals surface area contributed by atoms with Crippen molar-refractivity contribution in [3.05, 3.63) is 30.9 Å². The minimum absolute atomic E-state index is 0.631. The molecule has 3 aromatic rings. The molecule has 3 rings (SSSR count). The average Bonchev–Trinajstić information content (AvgIpc) is 2.72. The second-order valence-electron chi connectivity index (χ2n) is 3.37. The van der Waals surface area contributed by atoms with Gasteiger partial charge in [-0.2, -0.15) is 15.3 Å². The number of hydrogen-bond acceptors (Lipinski definition) is 5. The van der Waals surface area contributed by atoms with E-state index >= 15 is 0 Å². The molecule has 0 aliphatic heterocycles. The Balaban J connectivity index is 2.22. The smallest absolute Gasteiger partial charge is 0.163 e. The van der Waals surface area contributed by atoms with E-state index in [4.69, 9.17) is 0 Å². The van der Waals surface area contributed by atoms with Crippen LogP contribution in [0, 0.1) is 0 Å². The second kappa shape index (κ2) is 3.34. The molecule has 3 heterocycles. The lowest BCUT2D eigenvalue weighted by Crippen LogP contribution is -1.95. The molecule has 78 valence electrons. The van der Waals surface area contributed by atoms with E-state index in [2.05, 4.69) is 25.3 Å². The van der Waals surface area contributed by atoms with Crippen LogP contribution in [-0.4, -0.2) is 29.9 Å². The van der Waals surface area contributed by atoms with Gasteiger partial charge in [0.25, 0.3) is 0 Å². The van der Waals surface area contributed by atoms with E-state index in [1.807, 2.05) is 13.1 Å². The molecule has 6 nitrogen and oxygen atoms in total. The third-order valence-corrected chi connectivity index (χ3v) is 2.31. The zero-order valence-corrected chi connectivity index (χ0v) is 8.57. The van der Waals surface area contributed by atoms with Crippen LogP contribution >= 0.6 is 0 Å². The Bertz CT molecular complexity index is 630. The first-order valence-corrected chi connectivity index (χ1v) is 4.76. The first-order chi connectivity index (χ1) is 7.84. The number of nitrogens with zero attached hydrogens (tertiary/aromatic N) is 6. The molecule has 0 bridgehead atoms. The number of rotatable bonds is 1. The summed E-state index contributed by atoms with van der Waals surface area (Å²) in [6, 6.07) is 1.82. The molecular weight excluding hydrogens is 204 g/mol. The first kappa shape index (κ1) is 8.90. The summed E-state index contributed by atoms with van der Waals surface area (Å²) in [7, 11) is 1.85. The molecule has 3 aromatic heterocycles. The van der Waals surface area contributed by atoms with Gasteiger partial charge in [-0.05, 0) is 6.07 Å². The lowest BCUT2D eigenvalue weighted by molar-refractivity contribution is 0.786. The Hall–Kier alpha value is -2.37. The summed E-state index contributed by atoms with van der Waals surface area (Å²) >= 11 is 0. The fraction of sp³-hybridized carbons (Fsp3) is 0.100. The maximum absolute atomic E-state index is 4.43. The van der Waals surface area contributed by atoms with Gasteiger partial charge in [-0.3, -0.25) is 4.68 Å². The van der Waals surface area contributed by atoms with E-state index in [9.17, 15) is 0 Å². The van der Waals surface area contributed by atoms with Crippen LogP contribution in [-0.2, 0) is 7.05 Å². The van der Waals surface area contributed by atoms with Crippen LogP contribution in [0.15, 0.2) is 30.9 Å². The van der Waals surface area contributed by atoms with Crippen molar-refractivity contribution in [2.24, 2.45) is 7.05 Å². The minimum Gasteiger partial charge on any atom is -0.250 e. The van der Waals surface area contributed by atoms with Gasteiger partial charge in [-0.25, -0.2) is 9.97 Å². The summed E-state index contributed by atoms with van der Waals surface area (Å²) in [5, 5.41) is 12.6. The molecule has 0 aromatic carbocycles. The van der Waals surface area contributed by atoms with Gasteiger partial charge in [-0.15, -0.1) is 0 Å². The maximum Gasteiger partial charge on any atom is 0.163 e. The highest BCUT2D eigenvalue weighted by atomic mass is 15.3. The molecule has 0 spiro atoms. The fourth-order valence-electron chi connectivity index (χ4n) is 1.50. The highest BCUT2D eigenvalue weighted by Crippen LogP contribution is 2.15. The van der Waals surface area contributed by atoms with E-state index in [-0.39, 0.29) is 0 Å². The molecule has 16 heavy (non-hydrogen) atoms. The van der Waals surface area contributed by atoms with Crippen molar-refractivity contribution in [2.45, 2.75) is 0 Å². The molecule has 0 saturated heterocycles. The van der Waals surface area contributed by atoms with Gasteiger partial charge >= 0.3 is 0 Å². The Kier molecular flexibility index (Phi) is 1.86. The topological polar surface area (TPSA) is 69.4 Å². The Labute approximate surface area is 91.0 Å². The normalized spacial score (nSPS) is 10.8. The molecular formula is C10H8N6. The van der Waals surface area contributed by atoms with Crippen LogP contribution in [0.5, 0.6) is 0 Å². The van der Waals surface area contributed by atoms with Gasteiger partial charge in [0, 0.05) is 18.8 Å². The van der Waals surface area contributed by atoms with Crippen LogP contribution in [0.1, 0.15) is 0 Å². The molecule has 6 heteroatoms. The standard InChI is InChI=1S/C10H8N6/c1-16-10-8(6-14-16)4-11-9(15-10)7-2-3-12-13-5-7/h2-6H,1H3. The molecule has 0 N–H and O–H groups in total. The van der Waals surface area contributed by atoms with Crippen molar-refractivity contribution in [1.29, 1.82) is 0 Å². The van der Waals surface area contributed by atoms with E-state index < -0.39 is 0 Å². The van der Waals surface area contributed by atoms with Crippen molar-refractivity contribution in [3.8, 4) is 11.4 Å². The third-order valence-electron chi connectivity index (χ3n) is 2.31. The zero-order valence-electron chi connectivity index (χ0n) is 8.57. The van der Waals surface area contributed by atoms with Crippen molar-refractivity contribution in [1.82, 2.24) is 29.9 Å². The van der Waals surface area contributed by atoms with Crippen LogP contribution in [0.3, 0.4) is 0 Å². The van der Waals surface area contributed by atoms with Crippen LogP contribution in [0.2, 0.25) is 0 Å². The highest BCUT2D eigenvalue weighted by molar-refractivity contribution is 5.75. The Morgan fingerprint density at radius 2 is 2.06 bits per heavy atom. The molecule has 0 saturated carbocycles. The van der Waals surface area contributed by atoms with Crippen LogP contribution < -0.4 is 0 Å². The Morgan fingerprint density at radius 1 is 1.12 bits per heavy atom. The Morgan fingerprint density at radius 3 is 2.88 bits per heavy atom. The average molecular weight is 212 g/mol. The number of hydrogen-bond donors (Lipinski definition) is 0. The van der Waals surface area contributed by atoms with E-state index in [0.29, 0.717) is 5.82 Å². The number of fused-ring (bicyclic) bond motifs is 1. The molecule has 0 aliphatic rings. The van der Waals surface area contributed by atoms with E-state index in [0.717, 1.165) is 16.6 Å². The second-order valence-corrected chi connectivity index (χ2v) is 3.37. The summed E-state index contributed by atoms with van der Waals surface area (Å²) in [5.74, 6) is 0.631. The molecule has 0 atom stereocenters. The van der Waals surface area contributed by atoms with Gasteiger partial charge in [-0.1, -0.05) is 0 Å². The highest BCUT2D eigenvalue weighted by Gasteiger charge is 2.05. The predicted molar refractivity (Wildman–Crippen MR) is 57.3 cm³/mol. The molecule has 0 fully saturated rings. The van der Waals surface area contributed by atoms with Crippen molar-refractivity contribution in [3.63, 3.8) is 0 Å². The van der Waals surface area contributed by atoms with Gasteiger partial charge < -0.3 is 0 Å². The quantitative estimate of drug-likeness (QED) is 0.597. The summed E-state index contributed by atoms with van der Waals surface area (Å²) < 4.78 is 1.72. The number of aromatic nitrogens is 6. The van der Waals surface area contributed by atoms with Gasteiger partial charge in [0.05, 0.1) is 24.0 Å². The third kappa shape index (κ3) is 1.31. The van der Waals surface area contributed by atoms with Gasteiger partial charge in [0.1, 0.15) is 0 Å². The van der Waals surface area contributed by atoms with Crippen molar-refractivity contribution in [2.75, 3.05) is 0 Å². The lowest BCUT2D eigenvalue weighted by Gasteiger charge is -1.99. The number of aryl methyl sites for hydroxylation is 1. The predicted octanol–water partition coefficient (Wildman–Crippen LogP) is 0.820. The fourth-order valence-corrected chi connectivity index (χ4v) is 1.50. The molecule has 0 unspecified atom stereocenters. The van der Waals surface area contributed by atoms with Crippen molar-refractivity contribution < 1.29 is 0 Å².